The van der Waals surface area contributed by atoms with Gasteiger partial charge in [0.25, 0.3) is 0 Å². The number of aromatic nitrogens is 1. The molecule has 0 spiro atoms. The second-order valence-corrected chi connectivity index (χ2v) is 8.91. The number of pyridine rings is 1. The molecule has 2 bridgehead atoms. The quantitative estimate of drug-likeness (QED) is 0.898. The first kappa shape index (κ1) is 15.6. The number of carbonyl (C=O) groups excluding carboxylic acids is 1. The van der Waals surface area contributed by atoms with Gasteiger partial charge in [0, 0.05) is 30.8 Å². The molecule has 2 atom stereocenters. The van der Waals surface area contributed by atoms with Crippen LogP contribution in [0.25, 0.3) is 0 Å². The van der Waals surface area contributed by atoms with Gasteiger partial charge in [-0.2, -0.15) is 0 Å². The highest BCUT2D eigenvalue weighted by Crippen LogP contribution is 2.64. The summed E-state index contributed by atoms with van der Waals surface area (Å²) in [5, 5.41) is 0. The van der Waals surface area contributed by atoms with E-state index in [4.69, 9.17) is 0 Å². The van der Waals surface area contributed by atoms with Crippen molar-refractivity contribution in [2.45, 2.75) is 39.7 Å². The van der Waals surface area contributed by atoms with E-state index in [2.05, 4.69) is 9.71 Å². The minimum Gasteiger partial charge on any atom is -0.299 e. The molecule has 1 aromatic rings. The van der Waals surface area contributed by atoms with Crippen LogP contribution in [0, 0.1) is 16.7 Å². The number of hydrogen-bond donors (Lipinski definition) is 1. The first-order valence-corrected chi connectivity index (χ1v) is 9.32. The number of Topliss-reactive ketones (excluding diaryl/α,β-unsaturated/α-hetero) is 1. The summed E-state index contributed by atoms with van der Waals surface area (Å²) in [6.45, 7) is 4.33. The molecule has 0 radical (unpaired) electrons. The fourth-order valence-electron chi connectivity index (χ4n) is 4.18. The Kier molecular flexibility index (Phi) is 3.64. The number of hydrogen-bond acceptors (Lipinski definition) is 4. The van der Waals surface area contributed by atoms with Crippen molar-refractivity contribution < 1.29 is 13.2 Å². The Hall–Kier alpha value is -1.27. The van der Waals surface area contributed by atoms with Gasteiger partial charge in [-0.05, 0) is 41.9 Å². The number of nitrogens with one attached hydrogen (secondary N) is 1. The maximum Gasteiger partial charge on any atom is 0.212 e. The summed E-state index contributed by atoms with van der Waals surface area (Å²) in [6.07, 6.45) is 5.45. The number of sulfonamides is 1. The van der Waals surface area contributed by atoms with E-state index in [0.29, 0.717) is 18.8 Å². The van der Waals surface area contributed by atoms with Gasteiger partial charge in [0.05, 0.1) is 5.75 Å². The van der Waals surface area contributed by atoms with Crippen LogP contribution in [0.15, 0.2) is 24.5 Å². The van der Waals surface area contributed by atoms with Crippen LogP contribution >= 0.6 is 0 Å². The van der Waals surface area contributed by atoms with Crippen LogP contribution in [0.1, 0.15) is 38.7 Å². The Morgan fingerprint density at radius 1 is 1.32 bits per heavy atom. The van der Waals surface area contributed by atoms with Crippen molar-refractivity contribution in [1.29, 1.82) is 0 Å². The van der Waals surface area contributed by atoms with Gasteiger partial charge >= 0.3 is 0 Å². The van der Waals surface area contributed by atoms with Crippen LogP contribution in [0.5, 0.6) is 0 Å². The number of carbonyl (C=O) groups is 1. The topological polar surface area (TPSA) is 76.1 Å². The van der Waals surface area contributed by atoms with Gasteiger partial charge in [-0.25, -0.2) is 13.1 Å². The number of fused-ring (bicyclic) bond motifs is 2. The Bertz CT molecular complexity index is 685. The second kappa shape index (κ2) is 5.13. The zero-order valence-corrected chi connectivity index (χ0v) is 13.8. The van der Waals surface area contributed by atoms with Crippen molar-refractivity contribution in [3.8, 4) is 0 Å². The zero-order chi connectivity index (χ0) is 16.0. The monoisotopic (exact) mass is 322 g/mol. The van der Waals surface area contributed by atoms with Crippen molar-refractivity contribution in [3.05, 3.63) is 30.1 Å². The molecule has 1 aromatic heterocycles. The highest BCUT2D eigenvalue weighted by molar-refractivity contribution is 7.89. The molecule has 0 aliphatic heterocycles. The van der Waals surface area contributed by atoms with E-state index in [1.165, 1.54) is 0 Å². The van der Waals surface area contributed by atoms with Crippen LogP contribution in [0.3, 0.4) is 0 Å². The number of ketones is 1. The van der Waals surface area contributed by atoms with Gasteiger partial charge in [-0.15, -0.1) is 0 Å². The summed E-state index contributed by atoms with van der Waals surface area (Å²) in [7, 11) is -3.50. The molecule has 120 valence electrons. The Morgan fingerprint density at radius 2 is 2.00 bits per heavy atom. The number of nitrogens with zero attached hydrogens (tertiary/aromatic N) is 1. The average molecular weight is 322 g/mol. The van der Waals surface area contributed by atoms with Crippen LogP contribution in [-0.2, 0) is 21.4 Å². The molecule has 2 saturated carbocycles. The van der Waals surface area contributed by atoms with Crippen LogP contribution in [0.4, 0.5) is 0 Å². The molecule has 2 aliphatic rings. The Morgan fingerprint density at radius 3 is 2.55 bits per heavy atom. The molecule has 0 amide bonds. The third-order valence-corrected chi connectivity index (χ3v) is 7.28. The van der Waals surface area contributed by atoms with E-state index in [9.17, 15) is 13.2 Å². The van der Waals surface area contributed by atoms with Gasteiger partial charge in [-0.3, -0.25) is 9.78 Å². The molecule has 2 aliphatic carbocycles. The van der Waals surface area contributed by atoms with E-state index >= 15 is 0 Å². The molecule has 6 heteroatoms. The summed E-state index contributed by atoms with van der Waals surface area (Å²) in [5.41, 5.74) is -0.0746. The van der Waals surface area contributed by atoms with E-state index < -0.39 is 15.4 Å². The Balaban J connectivity index is 1.75. The molecule has 22 heavy (non-hydrogen) atoms. The highest BCUT2D eigenvalue weighted by Gasteiger charge is 2.65. The second-order valence-electron chi connectivity index (χ2n) is 7.10. The van der Waals surface area contributed by atoms with Crippen molar-refractivity contribution in [3.63, 3.8) is 0 Å². The lowest BCUT2D eigenvalue weighted by molar-refractivity contribution is -0.128. The maximum atomic E-state index is 12.5. The molecule has 1 heterocycles. The summed E-state index contributed by atoms with van der Waals surface area (Å²) in [6, 6.07) is 3.55. The fourth-order valence-corrected chi connectivity index (χ4v) is 5.99. The van der Waals surface area contributed by atoms with Crippen LogP contribution < -0.4 is 4.72 Å². The molecular weight excluding hydrogens is 300 g/mol. The zero-order valence-electron chi connectivity index (χ0n) is 13.0. The largest absolute Gasteiger partial charge is 0.299 e. The summed E-state index contributed by atoms with van der Waals surface area (Å²) >= 11 is 0. The van der Waals surface area contributed by atoms with Crippen molar-refractivity contribution in [2.75, 3.05) is 5.75 Å². The lowest BCUT2D eigenvalue weighted by Crippen LogP contribution is -2.45. The van der Waals surface area contributed by atoms with E-state index in [-0.39, 0.29) is 23.5 Å². The third kappa shape index (κ3) is 2.38. The van der Waals surface area contributed by atoms with E-state index in [1.807, 2.05) is 13.8 Å². The van der Waals surface area contributed by atoms with Gasteiger partial charge in [0.2, 0.25) is 10.0 Å². The van der Waals surface area contributed by atoms with Gasteiger partial charge in [0.1, 0.15) is 5.78 Å². The first-order valence-electron chi connectivity index (χ1n) is 7.66. The lowest BCUT2D eigenvalue weighted by atomic mass is 9.70. The standard InChI is InChI=1S/C16H22N2O3S/c1-15(2)13-3-6-16(15,14(19)9-13)11-22(20,21)18-10-12-4-7-17-8-5-12/h4-5,7-8,13,18H,3,6,9-11H2,1-2H3. The summed E-state index contributed by atoms with van der Waals surface area (Å²) in [5.74, 6) is 0.367. The van der Waals surface area contributed by atoms with Crippen LogP contribution in [0.2, 0.25) is 0 Å². The predicted octanol–water partition coefficient (Wildman–Crippen LogP) is 1.90. The minimum atomic E-state index is -3.50. The summed E-state index contributed by atoms with van der Waals surface area (Å²) in [4.78, 5) is 16.3. The molecule has 2 fully saturated rings. The molecule has 0 saturated heterocycles. The van der Waals surface area contributed by atoms with Crippen molar-refractivity contribution in [2.24, 2.45) is 16.7 Å². The number of rotatable bonds is 5. The fraction of sp³-hybridized carbons (Fsp3) is 0.625. The van der Waals surface area contributed by atoms with Gasteiger partial charge < -0.3 is 0 Å². The molecule has 1 N–H and O–H groups in total. The normalized spacial score (nSPS) is 29.9. The third-order valence-electron chi connectivity index (χ3n) is 5.82. The van der Waals surface area contributed by atoms with E-state index in [0.717, 1.165) is 12.0 Å². The van der Waals surface area contributed by atoms with E-state index in [1.54, 1.807) is 24.5 Å². The lowest BCUT2D eigenvalue weighted by Gasteiger charge is -2.36. The summed E-state index contributed by atoms with van der Waals surface area (Å²) < 4.78 is 27.6. The predicted molar refractivity (Wildman–Crippen MR) is 83.4 cm³/mol. The molecule has 5 nitrogen and oxygen atoms in total. The smallest absolute Gasteiger partial charge is 0.212 e. The van der Waals surface area contributed by atoms with Crippen molar-refractivity contribution in [1.82, 2.24) is 9.71 Å². The van der Waals surface area contributed by atoms with Crippen molar-refractivity contribution >= 4 is 15.8 Å². The maximum absolute atomic E-state index is 12.5. The van der Waals surface area contributed by atoms with Crippen LogP contribution in [-0.4, -0.2) is 24.9 Å². The molecule has 2 unspecified atom stereocenters. The average Bonchev–Trinajstić information content (AvgIpc) is 2.80. The molecule has 0 aromatic carbocycles. The van der Waals surface area contributed by atoms with Gasteiger partial charge in [0.15, 0.2) is 0 Å². The van der Waals surface area contributed by atoms with Gasteiger partial charge in [-0.1, -0.05) is 13.8 Å². The first-order chi connectivity index (χ1) is 10.3. The SMILES string of the molecule is CC1(C)C2CCC1(CS(=O)(=O)NCc1ccncc1)C(=O)C2. The molecule has 3 rings (SSSR count). The minimum absolute atomic E-state index is 0.0899. The molecular formula is C16H22N2O3S. The Labute approximate surface area is 131 Å². The highest BCUT2D eigenvalue weighted by atomic mass is 32.2.